The Morgan fingerprint density at radius 2 is 1.86 bits per heavy atom. The Morgan fingerprint density at radius 1 is 1.14 bits per heavy atom. The zero-order chi connectivity index (χ0) is 15.0. The van der Waals surface area contributed by atoms with Crippen molar-refractivity contribution in [3.05, 3.63) is 65.1 Å². The first-order valence-electron chi connectivity index (χ1n) is 6.57. The van der Waals surface area contributed by atoms with Crippen LogP contribution < -0.4 is 4.74 Å². The Labute approximate surface area is 121 Å². The minimum absolute atomic E-state index is 0.132. The number of para-hydroxylation sites is 1. The number of aryl methyl sites for hydroxylation is 1. The van der Waals surface area contributed by atoms with Crippen LogP contribution in [0, 0.1) is 12.7 Å². The van der Waals surface area contributed by atoms with Gasteiger partial charge in [0.2, 0.25) is 0 Å². The minimum Gasteiger partial charge on any atom is -0.497 e. The number of aromatic amines is 1. The highest BCUT2D eigenvalue weighted by Crippen LogP contribution is 2.27. The van der Waals surface area contributed by atoms with Gasteiger partial charge in [0.25, 0.3) is 0 Å². The van der Waals surface area contributed by atoms with Crippen LogP contribution in [0.3, 0.4) is 0 Å². The SMILES string of the molecule is COc1ccc(C(=O)c2c(C)[nH]c3c(F)cccc23)cc1. The maximum Gasteiger partial charge on any atom is 0.195 e. The molecule has 106 valence electrons. The molecule has 0 aliphatic carbocycles. The third-order valence-electron chi connectivity index (χ3n) is 3.55. The van der Waals surface area contributed by atoms with Gasteiger partial charge in [0.1, 0.15) is 11.6 Å². The highest BCUT2D eigenvalue weighted by Gasteiger charge is 2.19. The van der Waals surface area contributed by atoms with E-state index < -0.39 is 0 Å². The van der Waals surface area contributed by atoms with Crippen molar-refractivity contribution in [3.8, 4) is 5.75 Å². The number of ketones is 1. The number of hydrogen-bond donors (Lipinski definition) is 1. The molecule has 0 aliphatic heterocycles. The summed E-state index contributed by atoms with van der Waals surface area (Å²) in [6.07, 6.45) is 0. The Bertz CT molecular complexity index is 819. The number of halogens is 1. The fourth-order valence-corrected chi connectivity index (χ4v) is 2.49. The van der Waals surface area contributed by atoms with Crippen LogP contribution >= 0.6 is 0 Å². The lowest BCUT2D eigenvalue weighted by molar-refractivity contribution is 0.103. The molecule has 0 radical (unpaired) electrons. The zero-order valence-electron chi connectivity index (χ0n) is 11.7. The normalized spacial score (nSPS) is 10.8. The van der Waals surface area contributed by atoms with E-state index in [2.05, 4.69) is 4.98 Å². The maximum absolute atomic E-state index is 13.8. The predicted molar refractivity (Wildman–Crippen MR) is 79.4 cm³/mol. The van der Waals surface area contributed by atoms with Gasteiger partial charge in [0.15, 0.2) is 5.78 Å². The van der Waals surface area contributed by atoms with Crippen molar-refractivity contribution in [1.29, 1.82) is 0 Å². The molecule has 0 amide bonds. The van der Waals surface area contributed by atoms with E-state index in [0.29, 0.717) is 33.5 Å². The molecule has 4 heteroatoms. The lowest BCUT2D eigenvalue weighted by Crippen LogP contribution is -2.02. The molecule has 1 heterocycles. The monoisotopic (exact) mass is 283 g/mol. The van der Waals surface area contributed by atoms with Crippen LogP contribution in [0.2, 0.25) is 0 Å². The summed E-state index contributed by atoms with van der Waals surface area (Å²) in [6, 6.07) is 11.6. The topological polar surface area (TPSA) is 42.1 Å². The standard InChI is InChI=1S/C17H14FNO2/c1-10-15(13-4-3-5-14(18)16(13)19-10)17(20)11-6-8-12(21-2)9-7-11/h3-9,19H,1-2H3. The van der Waals surface area contributed by atoms with Gasteiger partial charge in [-0.15, -0.1) is 0 Å². The molecule has 0 spiro atoms. The first-order valence-corrected chi connectivity index (χ1v) is 6.57. The number of H-pyrrole nitrogens is 1. The smallest absolute Gasteiger partial charge is 0.195 e. The third kappa shape index (κ3) is 2.18. The van der Waals surface area contributed by atoms with Gasteiger partial charge >= 0.3 is 0 Å². The van der Waals surface area contributed by atoms with Gasteiger partial charge < -0.3 is 9.72 Å². The van der Waals surface area contributed by atoms with Crippen molar-refractivity contribution in [2.75, 3.05) is 7.11 Å². The van der Waals surface area contributed by atoms with Crippen molar-refractivity contribution < 1.29 is 13.9 Å². The molecular formula is C17H14FNO2. The summed E-state index contributed by atoms with van der Waals surface area (Å²) in [5.41, 5.74) is 2.08. The lowest BCUT2D eigenvalue weighted by Gasteiger charge is -2.03. The van der Waals surface area contributed by atoms with Crippen LogP contribution in [-0.2, 0) is 0 Å². The quantitative estimate of drug-likeness (QED) is 0.742. The molecule has 1 N–H and O–H groups in total. The molecule has 21 heavy (non-hydrogen) atoms. The first kappa shape index (κ1) is 13.4. The van der Waals surface area contributed by atoms with Crippen molar-refractivity contribution >= 4 is 16.7 Å². The molecule has 0 saturated carbocycles. The van der Waals surface area contributed by atoms with E-state index in [9.17, 15) is 9.18 Å². The van der Waals surface area contributed by atoms with Crippen LogP contribution in [0.15, 0.2) is 42.5 Å². The van der Waals surface area contributed by atoms with Crippen molar-refractivity contribution in [3.63, 3.8) is 0 Å². The molecular weight excluding hydrogens is 269 g/mol. The molecule has 0 aliphatic rings. The lowest BCUT2D eigenvalue weighted by atomic mass is 10.0. The zero-order valence-corrected chi connectivity index (χ0v) is 11.7. The predicted octanol–water partition coefficient (Wildman–Crippen LogP) is 3.86. The number of hydrogen-bond acceptors (Lipinski definition) is 2. The number of nitrogens with one attached hydrogen (secondary N) is 1. The van der Waals surface area contributed by atoms with Gasteiger partial charge in [-0.05, 0) is 37.3 Å². The average Bonchev–Trinajstić information content (AvgIpc) is 2.84. The van der Waals surface area contributed by atoms with E-state index in [0.717, 1.165) is 0 Å². The number of aromatic nitrogens is 1. The first-order chi connectivity index (χ1) is 10.1. The third-order valence-corrected chi connectivity index (χ3v) is 3.55. The van der Waals surface area contributed by atoms with E-state index in [1.165, 1.54) is 6.07 Å². The molecule has 2 aromatic carbocycles. The van der Waals surface area contributed by atoms with Gasteiger partial charge in [0.05, 0.1) is 18.2 Å². The Balaban J connectivity index is 2.13. The van der Waals surface area contributed by atoms with Crippen LogP contribution in [-0.4, -0.2) is 17.9 Å². The van der Waals surface area contributed by atoms with Crippen molar-refractivity contribution in [1.82, 2.24) is 4.98 Å². The summed E-state index contributed by atoms with van der Waals surface area (Å²) >= 11 is 0. The number of benzene rings is 2. The number of carbonyl (C=O) groups excluding carboxylic acids is 1. The van der Waals surface area contributed by atoms with E-state index >= 15 is 0 Å². The van der Waals surface area contributed by atoms with Crippen LogP contribution in [0.5, 0.6) is 5.75 Å². The second-order valence-electron chi connectivity index (χ2n) is 4.85. The van der Waals surface area contributed by atoms with Crippen molar-refractivity contribution in [2.24, 2.45) is 0 Å². The molecule has 0 fully saturated rings. The number of carbonyl (C=O) groups is 1. The van der Waals surface area contributed by atoms with E-state index in [-0.39, 0.29) is 11.6 Å². The summed E-state index contributed by atoms with van der Waals surface area (Å²) in [4.78, 5) is 15.6. The van der Waals surface area contributed by atoms with Crippen LogP contribution in [0.25, 0.3) is 10.9 Å². The molecule has 3 rings (SSSR count). The molecule has 0 saturated heterocycles. The van der Waals surface area contributed by atoms with Gasteiger partial charge in [-0.25, -0.2) is 4.39 Å². The largest absolute Gasteiger partial charge is 0.497 e. The molecule has 0 unspecified atom stereocenters. The summed E-state index contributed by atoms with van der Waals surface area (Å²) < 4.78 is 18.9. The Hall–Kier alpha value is -2.62. The molecule has 1 aromatic heterocycles. The van der Waals surface area contributed by atoms with Gasteiger partial charge in [0, 0.05) is 16.6 Å². The second kappa shape index (κ2) is 5.05. The highest BCUT2D eigenvalue weighted by molar-refractivity contribution is 6.17. The second-order valence-corrected chi connectivity index (χ2v) is 4.85. The van der Waals surface area contributed by atoms with Gasteiger partial charge in [-0.2, -0.15) is 0 Å². The highest BCUT2D eigenvalue weighted by atomic mass is 19.1. The van der Waals surface area contributed by atoms with Crippen molar-refractivity contribution in [2.45, 2.75) is 6.92 Å². The Kier molecular flexibility index (Phi) is 3.22. The summed E-state index contributed by atoms with van der Waals surface area (Å²) in [6.45, 7) is 1.77. The molecule has 3 aromatic rings. The number of methoxy groups -OCH3 is 1. The summed E-state index contributed by atoms with van der Waals surface area (Å²) in [5, 5.41) is 0.605. The van der Waals surface area contributed by atoms with E-state index in [1.807, 2.05) is 0 Å². The van der Waals surface area contributed by atoms with Gasteiger partial charge in [-0.3, -0.25) is 4.79 Å². The fourth-order valence-electron chi connectivity index (χ4n) is 2.49. The number of ether oxygens (including phenoxy) is 1. The minimum atomic E-state index is -0.357. The van der Waals surface area contributed by atoms with E-state index in [1.54, 1.807) is 50.4 Å². The molecule has 0 bridgehead atoms. The van der Waals surface area contributed by atoms with Gasteiger partial charge in [-0.1, -0.05) is 12.1 Å². The Morgan fingerprint density at radius 3 is 2.52 bits per heavy atom. The number of rotatable bonds is 3. The van der Waals surface area contributed by atoms with Crippen LogP contribution in [0.4, 0.5) is 4.39 Å². The maximum atomic E-state index is 13.8. The van der Waals surface area contributed by atoms with Crippen LogP contribution in [0.1, 0.15) is 21.6 Å². The summed E-state index contributed by atoms with van der Waals surface area (Å²) in [5.74, 6) is 0.199. The molecule has 0 atom stereocenters. The number of fused-ring (bicyclic) bond motifs is 1. The van der Waals surface area contributed by atoms with E-state index in [4.69, 9.17) is 4.74 Å². The fraction of sp³-hybridized carbons (Fsp3) is 0.118. The average molecular weight is 283 g/mol. The summed E-state index contributed by atoms with van der Waals surface area (Å²) in [7, 11) is 1.57. The molecule has 3 nitrogen and oxygen atoms in total.